The van der Waals surface area contributed by atoms with Gasteiger partial charge in [0.2, 0.25) is 0 Å². The lowest BCUT2D eigenvalue weighted by atomic mass is 10.2. The number of ether oxygens (including phenoxy) is 1. The van der Waals surface area contributed by atoms with Crippen molar-refractivity contribution in [1.82, 2.24) is 19.8 Å². The van der Waals surface area contributed by atoms with Gasteiger partial charge in [0, 0.05) is 25.5 Å². The van der Waals surface area contributed by atoms with Crippen molar-refractivity contribution < 1.29 is 13.9 Å². The summed E-state index contributed by atoms with van der Waals surface area (Å²) in [5, 5.41) is 2.98. The zero-order valence-electron chi connectivity index (χ0n) is 15.1. The average Bonchev–Trinajstić information content (AvgIpc) is 3.21. The number of nitrogens with zero attached hydrogens (tertiary/aromatic N) is 3. The molecule has 0 radical (unpaired) electrons. The second-order valence-corrected chi connectivity index (χ2v) is 6.78. The maximum Gasteiger partial charge on any atom is 0.318 e. The van der Waals surface area contributed by atoms with Crippen molar-refractivity contribution in [2.24, 2.45) is 5.92 Å². The van der Waals surface area contributed by atoms with E-state index in [0.29, 0.717) is 32.2 Å². The molecule has 1 N–H and O–H groups in total. The number of hydrogen-bond acceptors (Lipinski definition) is 4. The predicted octanol–water partition coefficient (Wildman–Crippen LogP) is 2.72. The van der Waals surface area contributed by atoms with Crippen LogP contribution >= 0.6 is 0 Å². The Balaban J connectivity index is 1.64. The third kappa shape index (κ3) is 4.22. The van der Waals surface area contributed by atoms with Crippen molar-refractivity contribution >= 4 is 6.03 Å². The van der Waals surface area contributed by atoms with Crippen LogP contribution < -0.4 is 5.32 Å². The summed E-state index contributed by atoms with van der Waals surface area (Å²) >= 11 is 0. The molecule has 0 saturated carbocycles. The highest BCUT2D eigenvalue weighted by atomic mass is 16.5. The quantitative estimate of drug-likeness (QED) is 0.903. The molecule has 1 aliphatic heterocycles. The Morgan fingerprint density at radius 3 is 3.00 bits per heavy atom. The van der Waals surface area contributed by atoms with Crippen molar-refractivity contribution in [3.63, 3.8) is 0 Å². The number of imidazole rings is 1. The Bertz CT molecular complexity index is 707. The van der Waals surface area contributed by atoms with E-state index in [4.69, 9.17) is 9.15 Å². The normalized spacial score (nSPS) is 17.9. The number of carbonyl (C=O) groups is 1. The highest BCUT2D eigenvalue weighted by molar-refractivity contribution is 5.74. The highest BCUT2D eigenvalue weighted by Gasteiger charge is 2.30. The van der Waals surface area contributed by atoms with Gasteiger partial charge in [0.25, 0.3) is 0 Å². The Kier molecular flexibility index (Phi) is 5.43. The predicted molar refractivity (Wildman–Crippen MR) is 93.0 cm³/mol. The zero-order chi connectivity index (χ0) is 17.8. The standard InChI is InChI=1S/C18H26N4O3/c1-13(2)11-21-7-6-19-17(21)10-20-18(23)22-8-9-24-12-15(22)16-5-4-14(3)25-16/h4-7,13,15H,8-12H2,1-3H3,(H,20,23). The molecule has 25 heavy (non-hydrogen) atoms. The third-order valence-electron chi connectivity index (χ3n) is 4.24. The van der Waals surface area contributed by atoms with Crippen LogP contribution in [0.2, 0.25) is 0 Å². The number of carbonyl (C=O) groups excluding carboxylic acids is 1. The number of amides is 2. The van der Waals surface area contributed by atoms with Crippen LogP contribution in [0, 0.1) is 12.8 Å². The van der Waals surface area contributed by atoms with Crippen LogP contribution in [0.3, 0.4) is 0 Å². The summed E-state index contributed by atoms with van der Waals surface area (Å²) < 4.78 is 13.3. The summed E-state index contributed by atoms with van der Waals surface area (Å²) in [7, 11) is 0. The van der Waals surface area contributed by atoms with Gasteiger partial charge in [0.15, 0.2) is 0 Å². The molecular weight excluding hydrogens is 320 g/mol. The minimum Gasteiger partial charge on any atom is -0.464 e. The number of aryl methyl sites for hydroxylation is 1. The van der Waals surface area contributed by atoms with Gasteiger partial charge < -0.3 is 23.9 Å². The molecule has 0 spiro atoms. The molecular formula is C18H26N4O3. The molecule has 1 atom stereocenters. The SMILES string of the molecule is Cc1ccc(C2COCCN2C(=O)NCc2nccn2CC(C)C)o1. The summed E-state index contributed by atoms with van der Waals surface area (Å²) in [6.07, 6.45) is 3.72. The van der Waals surface area contributed by atoms with Gasteiger partial charge in [-0.15, -0.1) is 0 Å². The molecule has 2 amide bonds. The molecule has 7 heteroatoms. The molecule has 1 fully saturated rings. The Morgan fingerprint density at radius 1 is 1.44 bits per heavy atom. The fourth-order valence-corrected chi connectivity index (χ4v) is 3.04. The minimum absolute atomic E-state index is 0.124. The molecule has 1 saturated heterocycles. The Labute approximate surface area is 148 Å². The van der Waals surface area contributed by atoms with Gasteiger partial charge in [-0.3, -0.25) is 0 Å². The Morgan fingerprint density at radius 2 is 2.28 bits per heavy atom. The first-order chi connectivity index (χ1) is 12.0. The molecule has 1 unspecified atom stereocenters. The van der Waals surface area contributed by atoms with Crippen LogP contribution in [0.5, 0.6) is 0 Å². The third-order valence-corrected chi connectivity index (χ3v) is 4.24. The molecule has 2 aromatic rings. The van der Waals surface area contributed by atoms with Gasteiger partial charge in [-0.05, 0) is 25.0 Å². The van der Waals surface area contributed by atoms with Crippen molar-refractivity contribution in [3.8, 4) is 0 Å². The zero-order valence-corrected chi connectivity index (χ0v) is 15.1. The summed E-state index contributed by atoms with van der Waals surface area (Å²) in [5.74, 6) is 2.97. The van der Waals surface area contributed by atoms with Crippen LogP contribution in [0.4, 0.5) is 4.79 Å². The smallest absolute Gasteiger partial charge is 0.318 e. The van der Waals surface area contributed by atoms with Gasteiger partial charge >= 0.3 is 6.03 Å². The van der Waals surface area contributed by atoms with Gasteiger partial charge in [-0.2, -0.15) is 0 Å². The van der Waals surface area contributed by atoms with Crippen LogP contribution in [-0.2, 0) is 17.8 Å². The van der Waals surface area contributed by atoms with E-state index in [1.165, 1.54) is 0 Å². The summed E-state index contributed by atoms with van der Waals surface area (Å²) in [4.78, 5) is 18.8. The van der Waals surface area contributed by atoms with Crippen molar-refractivity contribution in [2.45, 2.75) is 39.9 Å². The molecule has 3 heterocycles. The second-order valence-electron chi connectivity index (χ2n) is 6.78. The maximum atomic E-state index is 12.7. The van der Waals surface area contributed by atoms with Crippen molar-refractivity contribution in [1.29, 1.82) is 0 Å². The van der Waals surface area contributed by atoms with Crippen LogP contribution in [0.1, 0.15) is 37.2 Å². The van der Waals surface area contributed by atoms with Gasteiger partial charge in [-0.25, -0.2) is 9.78 Å². The fraction of sp³-hybridized carbons (Fsp3) is 0.556. The first-order valence-electron chi connectivity index (χ1n) is 8.73. The number of morpholine rings is 1. The fourth-order valence-electron chi connectivity index (χ4n) is 3.04. The second kappa shape index (κ2) is 7.74. The van der Waals surface area contributed by atoms with Crippen molar-refractivity contribution in [3.05, 3.63) is 41.9 Å². The van der Waals surface area contributed by atoms with Crippen molar-refractivity contribution in [2.75, 3.05) is 19.8 Å². The molecule has 136 valence electrons. The largest absolute Gasteiger partial charge is 0.464 e. The molecule has 3 rings (SSSR count). The topological polar surface area (TPSA) is 72.5 Å². The summed E-state index contributed by atoms with van der Waals surface area (Å²) in [6, 6.07) is 3.49. The molecule has 0 aliphatic carbocycles. The number of hydrogen-bond donors (Lipinski definition) is 1. The average molecular weight is 346 g/mol. The van der Waals surface area contributed by atoms with Crippen LogP contribution in [0.25, 0.3) is 0 Å². The van der Waals surface area contributed by atoms with E-state index in [1.54, 1.807) is 11.1 Å². The number of nitrogens with one attached hydrogen (secondary N) is 1. The monoisotopic (exact) mass is 346 g/mol. The van der Waals surface area contributed by atoms with E-state index in [1.807, 2.05) is 25.3 Å². The number of urea groups is 1. The summed E-state index contributed by atoms with van der Waals surface area (Å²) in [5.41, 5.74) is 0. The maximum absolute atomic E-state index is 12.7. The van der Waals surface area contributed by atoms with E-state index in [-0.39, 0.29) is 12.1 Å². The Hall–Kier alpha value is -2.28. The summed E-state index contributed by atoms with van der Waals surface area (Å²) in [6.45, 7) is 9.02. The minimum atomic E-state index is -0.196. The van der Waals surface area contributed by atoms with Gasteiger partial charge in [0.05, 0.1) is 19.8 Å². The molecule has 0 aromatic carbocycles. The highest BCUT2D eigenvalue weighted by Crippen LogP contribution is 2.25. The van der Waals surface area contributed by atoms with E-state index < -0.39 is 0 Å². The number of furan rings is 1. The lowest BCUT2D eigenvalue weighted by molar-refractivity contribution is 0.00395. The van der Waals surface area contributed by atoms with E-state index in [0.717, 1.165) is 23.9 Å². The number of rotatable bonds is 5. The number of aromatic nitrogens is 2. The van der Waals surface area contributed by atoms with Crippen LogP contribution in [0.15, 0.2) is 28.9 Å². The van der Waals surface area contributed by atoms with E-state index in [2.05, 4.69) is 28.7 Å². The molecule has 7 nitrogen and oxygen atoms in total. The van der Waals surface area contributed by atoms with E-state index in [9.17, 15) is 4.79 Å². The lowest BCUT2D eigenvalue weighted by Crippen LogP contribution is -2.48. The molecule has 0 bridgehead atoms. The van der Waals surface area contributed by atoms with Gasteiger partial charge in [-0.1, -0.05) is 13.8 Å². The van der Waals surface area contributed by atoms with Crippen LogP contribution in [-0.4, -0.2) is 40.2 Å². The van der Waals surface area contributed by atoms with Gasteiger partial charge in [0.1, 0.15) is 23.4 Å². The lowest BCUT2D eigenvalue weighted by Gasteiger charge is -2.34. The first kappa shape index (κ1) is 17.5. The molecule has 2 aromatic heterocycles. The van der Waals surface area contributed by atoms with E-state index >= 15 is 0 Å². The molecule has 1 aliphatic rings. The first-order valence-corrected chi connectivity index (χ1v) is 8.73.